The van der Waals surface area contributed by atoms with Crippen LogP contribution in [0.4, 0.5) is 0 Å². The highest BCUT2D eigenvalue weighted by Crippen LogP contribution is 2.30. The average molecular weight is 302 g/mol. The third kappa shape index (κ3) is 3.83. The van der Waals surface area contributed by atoms with Crippen molar-refractivity contribution in [2.75, 3.05) is 6.54 Å². The number of benzene rings is 1. The Hall–Kier alpha value is -0.930. The van der Waals surface area contributed by atoms with Crippen LogP contribution in [0, 0.1) is 11.8 Å². The molecule has 3 heteroatoms. The Balaban J connectivity index is 1.48. The third-order valence-electron chi connectivity index (χ3n) is 4.82. The Labute approximate surface area is 132 Å². The second-order valence-electron chi connectivity index (χ2n) is 6.61. The molecule has 0 spiro atoms. The number of hydrogen-bond donors (Lipinski definition) is 1. The molecular weight excluding hydrogens is 276 g/mol. The molecule has 1 aromatic heterocycles. The summed E-state index contributed by atoms with van der Waals surface area (Å²) in [5.41, 5.74) is 1.13. The summed E-state index contributed by atoms with van der Waals surface area (Å²) in [6, 6.07) is 8.78. The van der Waals surface area contributed by atoms with Crippen molar-refractivity contribution in [1.29, 1.82) is 0 Å². The lowest BCUT2D eigenvalue weighted by Crippen LogP contribution is -2.23. The van der Waals surface area contributed by atoms with Crippen LogP contribution in [0.25, 0.3) is 10.2 Å². The zero-order chi connectivity index (χ0) is 14.7. The summed E-state index contributed by atoms with van der Waals surface area (Å²) in [7, 11) is 0. The molecule has 1 saturated carbocycles. The van der Waals surface area contributed by atoms with Gasteiger partial charge in [-0.05, 0) is 43.9 Å². The fraction of sp³-hybridized carbons (Fsp3) is 0.611. The number of nitrogens with one attached hydrogen (secondary N) is 1. The lowest BCUT2D eigenvalue weighted by Gasteiger charge is -2.26. The molecule has 3 rings (SSSR count). The summed E-state index contributed by atoms with van der Waals surface area (Å²) in [4.78, 5) is 4.74. The van der Waals surface area contributed by atoms with Gasteiger partial charge in [-0.25, -0.2) is 4.98 Å². The fourth-order valence-corrected chi connectivity index (χ4v) is 4.28. The molecule has 0 saturated heterocycles. The van der Waals surface area contributed by atoms with E-state index >= 15 is 0 Å². The van der Waals surface area contributed by atoms with Gasteiger partial charge in [-0.2, -0.15) is 0 Å². The Morgan fingerprint density at radius 2 is 2.00 bits per heavy atom. The quantitative estimate of drug-likeness (QED) is 0.825. The van der Waals surface area contributed by atoms with Crippen LogP contribution < -0.4 is 5.32 Å². The Morgan fingerprint density at radius 3 is 2.76 bits per heavy atom. The molecular formula is C18H26N2S. The van der Waals surface area contributed by atoms with Gasteiger partial charge in [0.25, 0.3) is 0 Å². The van der Waals surface area contributed by atoms with Gasteiger partial charge < -0.3 is 5.32 Å². The monoisotopic (exact) mass is 302 g/mol. The van der Waals surface area contributed by atoms with Crippen LogP contribution in [0.15, 0.2) is 24.3 Å². The topological polar surface area (TPSA) is 24.9 Å². The molecule has 21 heavy (non-hydrogen) atoms. The van der Waals surface area contributed by atoms with E-state index in [9.17, 15) is 0 Å². The maximum absolute atomic E-state index is 4.74. The molecule has 114 valence electrons. The first-order valence-corrected chi connectivity index (χ1v) is 9.13. The molecule has 1 unspecified atom stereocenters. The smallest absolute Gasteiger partial charge is 0.111 e. The van der Waals surface area contributed by atoms with Crippen molar-refractivity contribution in [2.45, 2.75) is 52.0 Å². The number of hydrogen-bond acceptors (Lipinski definition) is 3. The molecule has 1 N–H and O–H groups in total. The van der Waals surface area contributed by atoms with Crippen LogP contribution in [0.3, 0.4) is 0 Å². The van der Waals surface area contributed by atoms with Crippen LogP contribution in [0.1, 0.15) is 57.0 Å². The van der Waals surface area contributed by atoms with Crippen molar-refractivity contribution in [2.24, 2.45) is 11.8 Å². The third-order valence-corrected chi connectivity index (χ3v) is 6.04. The SMILES string of the molecule is CC1CCC(CCNC(C)c2nc3ccccc3s2)CC1. The lowest BCUT2D eigenvalue weighted by atomic mass is 9.81. The van der Waals surface area contributed by atoms with Crippen molar-refractivity contribution >= 4 is 21.6 Å². The zero-order valence-corrected chi connectivity index (χ0v) is 14.0. The molecule has 0 aliphatic heterocycles. The summed E-state index contributed by atoms with van der Waals surface area (Å²) in [5, 5.41) is 4.88. The summed E-state index contributed by atoms with van der Waals surface area (Å²) >= 11 is 1.82. The van der Waals surface area contributed by atoms with Crippen molar-refractivity contribution in [1.82, 2.24) is 10.3 Å². The highest BCUT2D eigenvalue weighted by molar-refractivity contribution is 7.18. The van der Waals surface area contributed by atoms with Gasteiger partial charge in [0.1, 0.15) is 5.01 Å². The molecule has 2 nitrogen and oxygen atoms in total. The van der Waals surface area contributed by atoms with E-state index in [4.69, 9.17) is 4.98 Å². The summed E-state index contributed by atoms with van der Waals surface area (Å²) in [6.45, 7) is 5.75. The second kappa shape index (κ2) is 6.89. The standard InChI is InChI=1S/C18H26N2S/c1-13-7-9-15(10-8-13)11-12-19-14(2)18-20-16-5-3-4-6-17(16)21-18/h3-6,13-15,19H,7-12H2,1-2H3. The molecule has 1 aromatic carbocycles. The summed E-state index contributed by atoms with van der Waals surface area (Å²) < 4.78 is 1.29. The first kappa shape index (κ1) is 15.0. The largest absolute Gasteiger partial charge is 0.308 e. The lowest BCUT2D eigenvalue weighted by molar-refractivity contribution is 0.273. The minimum atomic E-state index is 0.366. The average Bonchev–Trinajstić information content (AvgIpc) is 2.93. The zero-order valence-electron chi connectivity index (χ0n) is 13.1. The molecule has 1 atom stereocenters. The maximum Gasteiger partial charge on any atom is 0.111 e. The van der Waals surface area contributed by atoms with E-state index in [1.54, 1.807) is 0 Å². The van der Waals surface area contributed by atoms with Gasteiger partial charge in [-0.15, -0.1) is 11.3 Å². The van der Waals surface area contributed by atoms with Crippen LogP contribution in [0.2, 0.25) is 0 Å². The molecule has 1 fully saturated rings. The van der Waals surface area contributed by atoms with E-state index < -0.39 is 0 Å². The van der Waals surface area contributed by atoms with Crippen LogP contribution >= 0.6 is 11.3 Å². The predicted octanol–water partition coefficient (Wildman–Crippen LogP) is 5.16. The van der Waals surface area contributed by atoms with Gasteiger partial charge in [-0.3, -0.25) is 0 Å². The number of rotatable bonds is 5. The number of para-hydroxylation sites is 1. The highest BCUT2D eigenvalue weighted by Gasteiger charge is 2.18. The van der Waals surface area contributed by atoms with Crippen LogP contribution in [-0.4, -0.2) is 11.5 Å². The van der Waals surface area contributed by atoms with Gasteiger partial charge >= 0.3 is 0 Å². The molecule has 1 aliphatic carbocycles. The van der Waals surface area contributed by atoms with Crippen LogP contribution in [-0.2, 0) is 0 Å². The maximum atomic E-state index is 4.74. The van der Waals surface area contributed by atoms with Crippen LogP contribution in [0.5, 0.6) is 0 Å². The Morgan fingerprint density at radius 1 is 1.24 bits per heavy atom. The minimum Gasteiger partial charge on any atom is -0.308 e. The van der Waals surface area contributed by atoms with Gasteiger partial charge in [0, 0.05) is 0 Å². The first-order valence-electron chi connectivity index (χ1n) is 8.31. The van der Waals surface area contributed by atoms with Gasteiger partial charge in [-0.1, -0.05) is 44.7 Å². The van der Waals surface area contributed by atoms with Crippen molar-refractivity contribution in [3.05, 3.63) is 29.3 Å². The minimum absolute atomic E-state index is 0.366. The van der Waals surface area contributed by atoms with E-state index in [0.717, 1.165) is 23.9 Å². The van der Waals surface area contributed by atoms with Crippen molar-refractivity contribution < 1.29 is 0 Å². The first-order chi connectivity index (χ1) is 10.2. The molecule has 2 aromatic rings. The van der Waals surface area contributed by atoms with Crippen molar-refractivity contribution in [3.63, 3.8) is 0 Å². The van der Waals surface area contributed by atoms with E-state index in [2.05, 4.69) is 43.4 Å². The Bertz CT molecular complexity index is 536. The number of fused-ring (bicyclic) bond motifs is 1. The number of aromatic nitrogens is 1. The Kier molecular flexibility index (Phi) is 4.91. The molecule has 0 amide bonds. The molecule has 0 radical (unpaired) electrons. The number of thiazole rings is 1. The van der Waals surface area contributed by atoms with Gasteiger partial charge in [0.2, 0.25) is 0 Å². The molecule has 1 aliphatic rings. The van der Waals surface area contributed by atoms with E-state index in [0.29, 0.717) is 6.04 Å². The fourth-order valence-electron chi connectivity index (χ4n) is 3.28. The van der Waals surface area contributed by atoms with E-state index in [-0.39, 0.29) is 0 Å². The van der Waals surface area contributed by atoms with Crippen molar-refractivity contribution in [3.8, 4) is 0 Å². The summed E-state index contributed by atoms with van der Waals surface area (Å²) in [5.74, 6) is 1.90. The van der Waals surface area contributed by atoms with E-state index in [1.807, 2.05) is 11.3 Å². The molecule has 1 heterocycles. The van der Waals surface area contributed by atoms with E-state index in [1.165, 1.54) is 41.8 Å². The summed E-state index contributed by atoms with van der Waals surface area (Å²) in [6.07, 6.45) is 7.04. The highest BCUT2D eigenvalue weighted by atomic mass is 32.1. The van der Waals surface area contributed by atoms with Gasteiger partial charge in [0.15, 0.2) is 0 Å². The predicted molar refractivity (Wildman–Crippen MR) is 91.8 cm³/mol. The molecule has 0 bridgehead atoms. The second-order valence-corrected chi connectivity index (χ2v) is 7.67. The van der Waals surface area contributed by atoms with Gasteiger partial charge in [0.05, 0.1) is 16.3 Å². The number of nitrogens with zero attached hydrogens (tertiary/aromatic N) is 1. The normalized spacial score (nSPS) is 24.3.